The van der Waals surface area contributed by atoms with Crippen LogP contribution in [0.15, 0.2) is 42.5 Å². The van der Waals surface area contributed by atoms with E-state index < -0.39 is 0 Å². The SMILES string of the molecule is CCOC1CO[C](c2cccc3ccccc23)O1. The molecule has 1 unspecified atom stereocenters. The van der Waals surface area contributed by atoms with Crippen LogP contribution in [0, 0.1) is 6.29 Å². The molecule has 0 amide bonds. The van der Waals surface area contributed by atoms with E-state index in [-0.39, 0.29) is 6.29 Å². The average molecular weight is 243 g/mol. The van der Waals surface area contributed by atoms with Crippen molar-refractivity contribution < 1.29 is 14.2 Å². The minimum Gasteiger partial charge on any atom is -0.350 e. The van der Waals surface area contributed by atoms with Crippen LogP contribution in [0.1, 0.15) is 12.5 Å². The molecule has 3 nitrogen and oxygen atoms in total. The van der Waals surface area contributed by atoms with Gasteiger partial charge in [-0.05, 0) is 17.7 Å². The van der Waals surface area contributed by atoms with Crippen LogP contribution >= 0.6 is 0 Å². The first-order valence-electron chi connectivity index (χ1n) is 6.14. The molecule has 3 rings (SSSR count). The molecule has 0 saturated carbocycles. The van der Waals surface area contributed by atoms with Gasteiger partial charge >= 0.3 is 0 Å². The van der Waals surface area contributed by atoms with Gasteiger partial charge in [0.2, 0.25) is 0 Å². The van der Waals surface area contributed by atoms with Crippen molar-refractivity contribution in [3.8, 4) is 0 Å². The third kappa shape index (κ3) is 2.12. The summed E-state index contributed by atoms with van der Waals surface area (Å²) < 4.78 is 16.6. The maximum Gasteiger partial charge on any atom is 0.259 e. The summed E-state index contributed by atoms with van der Waals surface area (Å²) in [7, 11) is 0. The molecular weight excluding hydrogens is 228 g/mol. The Kier molecular flexibility index (Phi) is 3.28. The summed E-state index contributed by atoms with van der Waals surface area (Å²) in [6, 6.07) is 14.3. The fourth-order valence-electron chi connectivity index (χ4n) is 2.14. The van der Waals surface area contributed by atoms with Crippen LogP contribution in [0.25, 0.3) is 10.8 Å². The fourth-order valence-corrected chi connectivity index (χ4v) is 2.14. The first-order valence-corrected chi connectivity index (χ1v) is 6.14. The minimum atomic E-state index is -0.288. The van der Waals surface area contributed by atoms with E-state index in [2.05, 4.69) is 18.2 Å². The molecule has 2 aromatic rings. The summed E-state index contributed by atoms with van der Waals surface area (Å²) in [5, 5.41) is 2.31. The highest BCUT2D eigenvalue weighted by molar-refractivity contribution is 5.86. The highest BCUT2D eigenvalue weighted by Gasteiger charge is 2.30. The highest BCUT2D eigenvalue weighted by atomic mass is 16.8. The molecule has 1 atom stereocenters. The normalized spacial score (nSPS) is 20.6. The largest absolute Gasteiger partial charge is 0.350 e. The Bertz CT molecular complexity index is 533. The minimum absolute atomic E-state index is 0.288. The molecular formula is C15H15O3. The lowest BCUT2D eigenvalue weighted by atomic mass is 10.0. The maximum absolute atomic E-state index is 5.67. The molecule has 1 saturated heterocycles. The number of ether oxygens (including phenoxy) is 3. The molecule has 0 N–H and O–H groups in total. The highest BCUT2D eigenvalue weighted by Crippen LogP contribution is 2.31. The lowest BCUT2D eigenvalue weighted by Crippen LogP contribution is -2.14. The second-order valence-corrected chi connectivity index (χ2v) is 4.13. The van der Waals surface area contributed by atoms with Crippen LogP contribution < -0.4 is 0 Å². The summed E-state index contributed by atoms with van der Waals surface area (Å²) >= 11 is 0. The van der Waals surface area contributed by atoms with E-state index in [1.165, 1.54) is 5.39 Å². The summed E-state index contributed by atoms with van der Waals surface area (Å²) in [5.74, 6) is 0. The van der Waals surface area contributed by atoms with Crippen LogP contribution in [0.2, 0.25) is 0 Å². The molecule has 18 heavy (non-hydrogen) atoms. The standard InChI is InChI=1S/C15H15O3/c1-2-16-14-10-17-15(18-14)13-9-5-7-11-6-3-4-8-12(11)13/h3-9,14H,2,10H2,1H3. The Balaban J connectivity index is 1.91. The lowest BCUT2D eigenvalue weighted by Gasteiger charge is -2.12. The molecule has 0 aromatic heterocycles. The summed E-state index contributed by atoms with van der Waals surface area (Å²) in [6.07, 6.45) is 0.272. The van der Waals surface area contributed by atoms with Gasteiger partial charge in [-0.25, -0.2) is 0 Å². The molecule has 0 spiro atoms. The molecule has 0 aliphatic carbocycles. The van der Waals surface area contributed by atoms with E-state index in [1.807, 2.05) is 31.2 Å². The fraction of sp³-hybridized carbons (Fsp3) is 0.267. The Morgan fingerprint density at radius 1 is 1.17 bits per heavy atom. The van der Waals surface area contributed by atoms with Crippen LogP contribution in [-0.4, -0.2) is 19.5 Å². The predicted octanol–water partition coefficient (Wildman–Crippen LogP) is 3.09. The van der Waals surface area contributed by atoms with E-state index in [1.54, 1.807) is 0 Å². The zero-order chi connectivity index (χ0) is 12.4. The molecule has 2 aromatic carbocycles. The lowest BCUT2D eigenvalue weighted by molar-refractivity contribution is -0.0934. The van der Waals surface area contributed by atoms with E-state index in [0.717, 1.165) is 10.9 Å². The van der Waals surface area contributed by atoms with Gasteiger partial charge in [0, 0.05) is 12.2 Å². The Morgan fingerprint density at radius 3 is 2.89 bits per heavy atom. The molecule has 3 heteroatoms. The quantitative estimate of drug-likeness (QED) is 0.829. The van der Waals surface area contributed by atoms with Crippen molar-refractivity contribution >= 4 is 10.8 Å². The van der Waals surface area contributed by atoms with Gasteiger partial charge < -0.3 is 14.2 Å². The Labute approximate surface area is 106 Å². The van der Waals surface area contributed by atoms with Crippen LogP contribution in [0.3, 0.4) is 0 Å². The topological polar surface area (TPSA) is 27.7 Å². The van der Waals surface area contributed by atoms with Gasteiger partial charge in [-0.3, -0.25) is 0 Å². The van der Waals surface area contributed by atoms with Crippen molar-refractivity contribution in [1.29, 1.82) is 0 Å². The van der Waals surface area contributed by atoms with Crippen molar-refractivity contribution in [3.05, 3.63) is 54.3 Å². The van der Waals surface area contributed by atoms with Gasteiger partial charge in [-0.2, -0.15) is 0 Å². The molecule has 1 aliphatic rings. The second-order valence-electron chi connectivity index (χ2n) is 4.13. The zero-order valence-electron chi connectivity index (χ0n) is 10.3. The van der Waals surface area contributed by atoms with E-state index >= 15 is 0 Å². The van der Waals surface area contributed by atoms with Gasteiger partial charge in [0.05, 0.1) is 0 Å². The number of hydrogen-bond acceptors (Lipinski definition) is 3. The number of hydrogen-bond donors (Lipinski definition) is 0. The van der Waals surface area contributed by atoms with Gasteiger partial charge in [-0.15, -0.1) is 0 Å². The molecule has 1 aliphatic heterocycles. The molecule has 0 bridgehead atoms. The van der Waals surface area contributed by atoms with Crippen molar-refractivity contribution in [3.63, 3.8) is 0 Å². The van der Waals surface area contributed by atoms with Crippen LogP contribution in [0.5, 0.6) is 0 Å². The molecule has 1 radical (unpaired) electrons. The van der Waals surface area contributed by atoms with Gasteiger partial charge in [0.25, 0.3) is 6.29 Å². The monoisotopic (exact) mass is 243 g/mol. The van der Waals surface area contributed by atoms with Crippen molar-refractivity contribution in [2.24, 2.45) is 0 Å². The Morgan fingerprint density at radius 2 is 2.00 bits per heavy atom. The number of rotatable bonds is 3. The smallest absolute Gasteiger partial charge is 0.259 e. The third-order valence-corrected chi connectivity index (χ3v) is 2.95. The van der Waals surface area contributed by atoms with Crippen molar-refractivity contribution in [2.45, 2.75) is 13.2 Å². The summed E-state index contributed by atoms with van der Waals surface area (Å²) in [6.45, 7) is 3.02. The van der Waals surface area contributed by atoms with E-state index in [9.17, 15) is 0 Å². The zero-order valence-corrected chi connectivity index (χ0v) is 10.3. The van der Waals surface area contributed by atoms with Crippen LogP contribution in [-0.2, 0) is 14.2 Å². The third-order valence-electron chi connectivity index (χ3n) is 2.95. The van der Waals surface area contributed by atoms with Gasteiger partial charge in [0.1, 0.15) is 6.61 Å². The first-order chi connectivity index (χ1) is 8.88. The summed E-state index contributed by atoms with van der Waals surface area (Å²) in [4.78, 5) is 0. The molecule has 93 valence electrons. The first kappa shape index (κ1) is 11.7. The van der Waals surface area contributed by atoms with Gasteiger partial charge in [-0.1, -0.05) is 42.5 Å². The molecule has 1 heterocycles. The predicted molar refractivity (Wildman–Crippen MR) is 68.7 cm³/mol. The van der Waals surface area contributed by atoms with Crippen molar-refractivity contribution in [2.75, 3.05) is 13.2 Å². The number of benzene rings is 2. The second kappa shape index (κ2) is 5.06. The average Bonchev–Trinajstić information content (AvgIpc) is 2.87. The molecule has 1 fully saturated rings. The van der Waals surface area contributed by atoms with Crippen molar-refractivity contribution in [1.82, 2.24) is 0 Å². The van der Waals surface area contributed by atoms with Crippen LogP contribution in [0.4, 0.5) is 0 Å². The van der Waals surface area contributed by atoms with E-state index in [0.29, 0.717) is 19.5 Å². The maximum atomic E-state index is 5.67. The number of fused-ring (bicyclic) bond motifs is 1. The van der Waals surface area contributed by atoms with E-state index in [4.69, 9.17) is 14.2 Å². The summed E-state index contributed by atoms with van der Waals surface area (Å²) in [5.41, 5.74) is 0.982. The van der Waals surface area contributed by atoms with Gasteiger partial charge in [0.15, 0.2) is 6.29 Å². The Hall–Kier alpha value is -1.42.